The molecule has 1 rings (SSSR count). The van der Waals surface area contributed by atoms with Gasteiger partial charge in [0.25, 0.3) is 10.0 Å². The summed E-state index contributed by atoms with van der Waals surface area (Å²) in [5.41, 5.74) is 0. The molecule has 0 saturated heterocycles. The molecule has 1 aromatic rings. The highest BCUT2D eigenvalue weighted by Crippen LogP contribution is 2.50. The quantitative estimate of drug-likeness (QED) is 0.857. The van der Waals surface area contributed by atoms with Crippen LogP contribution in [-0.4, -0.2) is 23.1 Å². The predicted molar refractivity (Wildman–Crippen MR) is 63.2 cm³/mol. The fourth-order valence-corrected chi connectivity index (χ4v) is 5.02. The molecular formula is C7H9F2N2O4PS2. The van der Waals surface area contributed by atoms with Crippen molar-refractivity contribution < 1.29 is 25.2 Å². The van der Waals surface area contributed by atoms with E-state index in [1.807, 2.05) is 0 Å². The fraction of sp³-hybridized carbons (Fsp3) is 0.143. The molecule has 0 fully saturated rings. The average Bonchev–Trinajstić information content (AvgIpc) is 2.13. The molecule has 0 aromatic heterocycles. The Morgan fingerprint density at radius 2 is 1.61 bits per heavy atom. The average molecular weight is 318 g/mol. The van der Waals surface area contributed by atoms with Crippen molar-refractivity contribution >= 4 is 27.9 Å². The predicted octanol–water partition coefficient (Wildman–Crippen LogP) is 1.81. The van der Waals surface area contributed by atoms with E-state index in [1.54, 1.807) is 0 Å². The lowest BCUT2D eigenvalue weighted by Crippen LogP contribution is -2.18. The molecule has 0 heterocycles. The molecule has 0 bridgehead atoms. The number of halogens is 2. The van der Waals surface area contributed by atoms with Crippen LogP contribution >= 0.6 is 7.83 Å². The second kappa shape index (κ2) is 5.04. The number of hydrogen-bond donors (Lipinski definition) is 1. The third-order valence-electron chi connectivity index (χ3n) is 1.53. The summed E-state index contributed by atoms with van der Waals surface area (Å²) in [7, 11) is -14.5. The van der Waals surface area contributed by atoms with Gasteiger partial charge in [0.1, 0.15) is 0 Å². The highest BCUT2D eigenvalue weighted by Gasteiger charge is 2.29. The van der Waals surface area contributed by atoms with Gasteiger partial charge >= 0.3 is 7.83 Å². The molecule has 6 nitrogen and oxygen atoms in total. The van der Waals surface area contributed by atoms with E-state index in [4.69, 9.17) is 0 Å². The summed E-state index contributed by atoms with van der Waals surface area (Å²) < 4.78 is 73.8. The number of benzene rings is 1. The lowest BCUT2D eigenvalue weighted by atomic mass is 10.4. The van der Waals surface area contributed by atoms with Crippen molar-refractivity contribution in [3.8, 4) is 0 Å². The molecule has 0 aliphatic carbocycles. The second-order valence-corrected chi connectivity index (χ2v) is 8.50. The Bertz CT molecular complexity index is 681. The smallest absolute Gasteiger partial charge is 0.207 e. The van der Waals surface area contributed by atoms with Crippen LogP contribution in [0.4, 0.5) is 8.39 Å². The standard InChI is InChI=1S/C7H9F2N2O4PS2/c1-17(12,13)10-16(8,9)11-18(14,15)7-5-3-2-4-6-7/h2-6,11H,1H3. The lowest BCUT2D eigenvalue weighted by Gasteiger charge is -2.08. The third-order valence-corrected chi connectivity index (χ3v) is 6.27. The van der Waals surface area contributed by atoms with E-state index in [1.165, 1.54) is 18.2 Å². The summed E-state index contributed by atoms with van der Waals surface area (Å²) in [6, 6.07) is 6.40. The fourth-order valence-electron chi connectivity index (χ4n) is 1.000. The Morgan fingerprint density at radius 1 is 1.11 bits per heavy atom. The van der Waals surface area contributed by atoms with E-state index in [0.717, 1.165) is 16.6 Å². The van der Waals surface area contributed by atoms with Gasteiger partial charge in [-0.1, -0.05) is 18.2 Å². The summed E-state index contributed by atoms with van der Waals surface area (Å²) in [6.07, 6.45) is 0.456. The number of sulfonamides is 2. The van der Waals surface area contributed by atoms with E-state index < -0.39 is 32.8 Å². The molecule has 0 aliphatic rings. The van der Waals surface area contributed by atoms with Gasteiger partial charge in [0.15, 0.2) is 0 Å². The van der Waals surface area contributed by atoms with Gasteiger partial charge in [0.2, 0.25) is 10.0 Å². The van der Waals surface area contributed by atoms with Gasteiger partial charge in [-0.25, -0.2) is 16.8 Å². The zero-order valence-corrected chi connectivity index (χ0v) is 11.5. The largest absolute Gasteiger partial charge is 0.393 e. The zero-order valence-electron chi connectivity index (χ0n) is 8.99. The molecule has 0 radical (unpaired) electrons. The molecule has 0 aliphatic heterocycles. The van der Waals surface area contributed by atoms with Crippen LogP contribution < -0.4 is 4.49 Å². The maximum absolute atomic E-state index is 13.2. The monoisotopic (exact) mass is 318 g/mol. The molecule has 0 spiro atoms. The van der Waals surface area contributed by atoms with Crippen molar-refractivity contribution in [2.45, 2.75) is 4.90 Å². The van der Waals surface area contributed by atoms with Crippen LogP contribution in [0.25, 0.3) is 0 Å². The Labute approximate surface area is 103 Å². The Kier molecular flexibility index (Phi) is 4.26. The van der Waals surface area contributed by atoms with Gasteiger partial charge < -0.3 is 0 Å². The minimum absolute atomic E-state index is 0.395. The van der Waals surface area contributed by atoms with Crippen molar-refractivity contribution in [2.75, 3.05) is 6.26 Å². The maximum atomic E-state index is 13.2. The zero-order chi connectivity index (χ0) is 14.0. The van der Waals surface area contributed by atoms with Crippen LogP contribution in [0.5, 0.6) is 0 Å². The van der Waals surface area contributed by atoms with Crippen LogP contribution in [0, 0.1) is 0 Å². The summed E-state index contributed by atoms with van der Waals surface area (Å²) >= 11 is 0. The van der Waals surface area contributed by atoms with Crippen molar-refractivity contribution in [3.63, 3.8) is 0 Å². The van der Waals surface area contributed by atoms with Gasteiger partial charge in [0, 0.05) is 0 Å². The molecule has 0 unspecified atom stereocenters. The first-order valence-electron chi connectivity index (χ1n) is 4.34. The van der Waals surface area contributed by atoms with Crippen LogP contribution in [0.1, 0.15) is 0 Å². The lowest BCUT2D eigenvalue weighted by molar-refractivity contribution is 0.589. The molecule has 18 heavy (non-hydrogen) atoms. The first-order chi connectivity index (χ1) is 8.02. The number of hydrogen-bond acceptors (Lipinski definition) is 4. The summed E-state index contributed by atoms with van der Waals surface area (Å²) in [5, 5.41) is 0. The van der Waals surface area contributed by atoms with Gasteiger partial charge in [-0.3, -0.25) is 0 Å². The van der Waals surface area contributed by atoms with Crippen LogP contribution in [0.3, 0.4) is 0 Å². The van der Waals surface area contributed by atoms with Crippen molar-refractivity contribution in [2.24, 2.45) is 4.15 Å². The van der Waals surface area contributed by atoms with Crippen LogP contribution in [0.2, 0.25) is 0 Å². The number of nitrogens with one attached hydrogen (secondary N) is 1. The Hall–Kier alpha value is -0.830. The third kappa shape index (κ3) is 4.81. The van der Waals surface area contributed by atoms with Gasteiger partial charge in [-0.15, -0.1) is 8.64 Å². The van der Waals surface area contributed by atoms with Crippen molar-refractivity contribution in [1.29, 1.82) is 0 Å². The van der Waals surface area contributed by atoms with Gasteiger partial charge in [-0.05, 0) is 12.1 Å². The van der Waals surface area contributed by atoms with E-state index in [0.29, 0.717) is 6.26 Å². The molecule has 102 valence electrons. The highest BCUT2D eigenvalue weighted by molar-refractivity contribution is 7.97. The van der Waals surface area contributed by atoms with Gasteiger partial charge in [0.05, 0.1) is 11.2 Å². The summed E-state index contributed by atoms with van der Waals surface area (Å²) in [6.45, 7) is 0. The second-order valence-electron chi connectivity index (χ2n) is 3.21. The molecule has 1 N–H and O–H groups in total. The van der Waals surface area contributed by atoms with E-state index in [9.17, 15) is 25.2 Å². The SMILES string of the molecule is CS(=O)(=O)N=P(F)(F)NS(=O)(=O)c1ccccc1. The number of rotatable bonds is 4. The Morgan fingerprint density at radius 3 is 2.06 bits per heavy atom. The van der Waals surface area contributed by atoms with Gasteiger partial charge in [-0.2, -0.15) is 8.39 Å². The number of nitrogens with zero attached hydrogens (tertiary/aromatic N) is 1. The summed E-state index contributed by atoms with van der Waals surface area (Å²) in [5.74, 6) is 0. The van der Waals surface area contributed by atoms with E-state index in [2.05, 4.69) is 4.15 Å². The molecule has 1 aromatic carbocycles. The van der Waals surface area contributed by atoms with Crippen molar-refractivity contribution in [1.82, 2.24) is 4.49 Å². The van der Waals surface area contributed by atoms with E-state index in [-0.39, 0.29) is 0 Å². The first-order valence-corrected chi connectivity index (χ1v) is 9.19. The topological polar surface area (TPSA) is 92.7 Å². The Balaban J connectivity index is 3.17. The van der Waals surface area contributed by atoms with E-state index >= 15 is 0 Å². The molecule has 0 atom stereocenters. The molecular weight excluding hydrogens is 309 g/mol. The maximum Gasteiger partial charge on any atom is 0.393 e. The van der Waals surface area contributed by atoms with Crippen LogP contribution in [0.15, 0.2) is 39.4 Å². The van der Waals surface area contributed by atoms with Crippen LogP contribution in [-0.2, 0) is 20.0 Å². The normalized spacial score (nSPS) is 13.3. The molecule has 0 saturated carbocycles. The molecule has 0 amide bonds. The first kappa shape index (κ1) is 15.2. The highest BCUT2D eigenvalue weighted by atomic mass is 32.2. The summed E-state index contributed by atoms with van der Waals surface area (Å²) in [4.78, 5) is -0.395. The molecule has 11 heteroatoms. The minimum atomic E-state index is -5.65. The van der Waals surface area contributed by atoms with Crippen molar-refractivity contribution in [3.05, 3.63) is 30.3 Å². The minimum Gasteiger partial charge on any atom is -0.207 e.